The smallest absolute Gasteiger partial charge is 0.244 e. The largest absolute Gasteiger partial charge is 0.376 e. The van der Waals surface area contributed by atoms with Gasteiger partial charge < -0.3 is 10.1 Å². The number of aromatic nitrogens is 3. The molecule has 0 aromatic carbocycles. The average Bonchev–Trinajstić information content (AvgIpc) is 2.96. The van der Waals surface area contributed by atoms with Gasteiger partial charge in [0, 0.05) is 13.2 Å². The minimum atomic E-state index is -0.330. The summed E-state index contributed by atoms with van der Waals surface area (Å²) in [6, 6.07) is -0.330. The Morgan fingerprint density at radius 2 is 2.62 bits per heavy atom. The molecule has 6 nitrogen and oxygen atoms in total. The van der Waals surface area contributed by atoms with Crippen molar-refractivity contribution in [1.29, 1.82) is 0 Å². The summed E-state index contributed by atoms with van der Waals surface area (Å²) in [4.78, 5) is 15.6. The van der Waals surface area contributed by atoms with E-state index in [-0.39, 0.29) is 18.1 Å². The fourth-order valence-electron chi connectivity index (χ4n) is 1.70. The summed E-state index contributed by atoms with van der Waals surface area (Å²) >= 11 is 0. The third-order valence-electron chi connectivity index (χ3n) is 2.74. The Kier molecular flexibility index (Phi) is 3.51. The van der Waals surface area contributed by atoms with Crippen molar-refractivity contribution < 1.29 is 9.53 Å². The molecule has 1 amide bonds. The van der Waals surface area contributed by atoms with Gasteiger partial charge >= 0.3 is 0 Å². The molecule has 1 fully saturated rings. The molecule has 0 bridgehead atoms. The summed E-state index contributed by atoms with van der Waals surface area (Å²) in [6.07, 6.45) is 5.24. The molecule has 88 valence electrons. The van der Waals surface area contributed by atoms with Crippen LogP contribution in [0.15, 0.2) is 12.7 Å². The Balaban J connectivity index is 1.79. The average molecular weight is 224 g/mol. The molecule has 16 heavy (non-hydrogen) atoms. The van der Waals surface area contributed by atoms with Crippen LogP contribution in [-0.2, 0) is 9.53 Å². The first-order valence-electron chi connectivity index (χ1n) is 5.51. The summed E-state index contributed by atoms with van der Waals surface area (Å²) in [5.41, 5.74) is 0. The van der Waals surface area contributed by atoms with Gasteiger partial charge in [-0.2, -0.15) is 5.10 Å². The predicted octanol–water partition coefficient (Wildman–Crippen LogP) is 0.134. The molecule has 0 spiro atoms. The standard InChI is InChI=1S/C10H16N4O2/c1-8(14-7-11-6-13-14)10(15)12-5-9-3-2-4-16-9/h6-9H,2-5H2,1H3,(H,12,15)/t8-,9-/m0/s1. The molecule has 1 aromatic heterocycles. The molecule has 1 saturated heterocycles. The van der Waals surface area contributed by atoms with E-state index in [1.807, 2.05) is 0 Å². The van der Waals surface area contributed by atoms with Gasteiger partial charge in [0.15, 0.2) is 0 Å². The molecular formula is C10H16N4O2. The highest BCUT2D eigenvalue weighted by Gasteiger charge is 2.19. The van der Waals surface area contributed by atoms with E-state index >= 15 is 0 Å². The molecular weight excluding hydrogens is 208 g/mol. The van der Waals surface area contributed by atoms with Crippen LogP contribution in [0.5, 0.6) is 0 Å². The van der Waals surface area contributed by atoms with Crippen LogP contribution in [0.1, 0.15) is 25.8 Å². The lowest BCUT2D eigenvalue weighted by atomic mass is 10.2. The number of carbonyl (C=O) groups is 1. The molecule has 1 aliphatic heterocycles. The van der Waals surface area contributed by atoms with Crippen molar-refractivity contribution in [1.82, 2.24) is 20.1 Å². The fraction of sp³-hybridized carbons (Fsp3) is 0.700. The van der Waals surface area contributed by atoms with Crippen molar-refractivity contribution in [2.45, 2.75) is 31.9 Å². The highest BCUT2D eigenvalue weighted by molar-refractivity contribution is 5.79. The molecule has 1 aliphatic rings. The van der Waals surface area contributed by atoms with E-state index in [2.05, 4.69) is 15.4 Å². The highest BCUT2D eigenvalue weighted by Crippen LogP contribution is 2.11. The molecule has 0 saturated carbocycles. The van der Waals surface area contributed by atoms with Crippen molar-refractivity contribution in [3.05, 3.63) is 12.7 Å². The number of carbonyl (C=O) groups excluding carboxylic acids is 1. The molecule has 0 aliphatic carbocycles. The zero-order valence-corrected chi connectivity index (χ0v) is 9.30. The van der Waals surface area contributed by atoms with Crippen LogP contribution in [0.2, 0.25) is 0 Å². The first-order chi connectivity index (χ1) is 7.77. The van der Waals surface area contributed by atoms with E-state index in [0.29, 0.717) is 6.54 Å². The number of nitrogens with zero attached hydrogens (tertiary/aromatic N) is 3. The molecule has 0 unspecified atom stereocenters. The van der Waals surface area contributed by atoms with Crippen LogP contribution >= 0.6 is 0 Å². The molecule has 1 aromatic rings. The van der Waals surface area contributed by atoms with Gasteiger partial charge in [0.1, 0.15) is 18.7 Å². The molecule has 2 atom stereocenters. The number of hydrogen-bond acceptors (Lipinski definition) is 4. The zero-order chi connectivity index (χ0) is 11.4. The van der Waals surface area contributed by atoms with E-state index in [4.69, 9.17) is 4.74 Å². The van der Waals surface area contributed by atoms with E-state index in [0.717, 1.165) is 19.4 Å². The maximum atomic E-state index is 11.7. The minimum absolute atomic E-state index is 0.0546. The lowest BCUT2D eigenvalue weighted by Crippen LogP contribution is -2.36. The fourth-order valence-corrected chi connectivity index (χ4v) is 1.70. The van der Waals surface area contributed by atoms with Gasteiger partial charge in [-0.15, -0.1) is 0 Å². The lowest BCUT2D eigenvalue weighted by molar-refractivity contribution is -0.124. The van der Waals surface area contributed by atoms with Crippen molar-refractivity contribution in [3.63, 3.8) is 0 Å². The predicted molar refractivity (Wildman–Crippen MR) is 56.7 cm³/mol. The third kappa shape index (κ3) is 2.57. The van der Waals surface area contributed by atoms with Gasteiger partial charge in [0.2, 0.25) is 5.91 Å². The van der Waals surface area contributed by atoms with Crippen molar-refractivity contribution >= 4 is 5.91 Å². The second kappa shape index (κ2) is 5.07. The SMILES string of the molecule is C[C@@H](C(=O)NC[C@@H]1CCCO1)n1cncn1. The summed E-state index contributed by atoms with van der Waals surface area (Å²) in [7, 11) is 0. The van der Waals surface area contributed by atoms with Crippen LogP contribution in [0, 0.1) is 0 Å². The Morgan fingerprint density at radius 1 is 1.75 bits per heavy atom. The Labute approximate surface area is 94.0 Å². The molecule has 6 heteroatoms. The number of hydrogen-bond donors (Lipinski definition) is 1. The normalized spacial score (nSPS) is 21.9. The summed E-state index contributed by atoms with van der Waals surface area (Å²) in [6.45, 7) is 3.18. The van der Waals surface area contributed by atoms with Crippen molar-refractivity contribution in [2.75, 3.05) is 13.2 Å². The number of ether oxygens (including phenoxy) is 1. The Morgan fingerprint density at radius 3 is 3.25 bits per heavy atom. The molecule has 0 radical (unpaired) electrons. The lowest BCUT2D eigenvalue weighted by Gasteiger charge is -2.14. The number of rotatable bonds is 4. The van der Waals surface area contributed by atoms with Crippen LogP contribution in [-0.4, -0.2) is 39.9 Å². The highest BCUT2D eigenvalue weighted by atomic mass is 16.5. The van der Waals surface area contributed by atoms with Gasteiger partial charge in [-0.1, -0.05) is 0 Å². The summed E-state index contributed by atoms with van der Waals surface area (Å²) in [5.74, 6) is -0.0546. The first-order valence-corrected chi connectivity index (χ1v) is 5.51. The van der Waals surface area contributed by atoms with Gasteiger partial charge in [-0.3, -0.25) is 4.79 Å². The summed E-state index contributed by atoms with van der Waals surface area (Å²) in [5, 5.41) is 6.79. The third-order valence-corrected chi connectivity index (χ3v) is 2.74. The first kappa shape index (κ1) is 11.1. The topological polar surface area (TPSA) is 69.0 Å². The number of nitrogens with one attached hydrogen (secondary N) is 1. The van der Waals surface area contributed by atoms with Gasteiger partial charge in [0.25, 0.3) is 0 Å². The van der Waals surface area contributed by atoms with E-state index in [1.54, 1.807) is 6.92 Å². The second-order valence-corrected chi connectivity index (χ2v) is 3.93. The maximum Gasteiger partial charge on any atom is 0.244 e. The Hall–Kier alpha value is -1.43. The monoisotopic (exact) mass is 224 g/mol. The van der Waals surface area contributed by atoms with Gasteiger partial charge in [-0.05, 0) is 19.8 Å². The zero-order valence-electron chi connectivity index (χ0n) is 9.30. The van der Waals surface area contributed by atoms with E-state index in [9.17, 15) is 4.79 Å². The minimum Gasteiger partial charge on any atom is -0.376 e. The number of amides is 1. The summed E-state index contributed by atoms with van der Waals surface area (Å²) < 4.78 is 6.96. The van der Waals surface area contributed by atoms with Crippen LogP contribution in [0.4, 0.5) is 0 Å². The van der Waals surface area contributed by atoms with Crippen molar-refractivity contribution in [3.8, 4) is 0 Å². The quantitative estimate of drug-likeness (QED) is 0.789. The maximum absolute atomic E-state index is 11.7. The van der Waals surface area contributed by atoms with Gasteiger partial charge in [-0.25, -0.2) is 9.67 Å². The van der Waals surface area contributed by atoms with Gasteiger partial charge in [0.05, 0.1) is 6.10 Å². The van der Waals surface area contributed by atoms with Crippen LogP contribution < -0.4 is 5.32 Å². The molecule has 2 rings (SSSR count). The van der Waals surface area contributed by atoms with E-state index < -0.39 is 0 Å². The van der Waals surface area contributed by atoms with E-state index in [1.165, 1.54) is 17.3 Å². The Bertz CT molecular complexity index is 333. The van der Waals surface area contributed by atoms with Crippen LogP contribution in [0.3, 0.4) is 0 Å². The molecule has 2 heterocycles. The second-order valence-electron chi connectivity index (χ2n) is 3.93. The van der Waals surface area contributed by atoms with Crippen molar-refractivity contribution in [2.24, 2.45) is 0 Å². The molecule has 1 N–H and O–H groups in total. The van der Waals surface area contributed by atoms with Crippen LogP contribution in [0.25, 0.3) is 0 Å².